The van der Waals surface area contributed by atoms with E-state index in [1.54, 1.807) is 30.5 Å². The maximum absolute atomic E-state index is 11.8. The molecule has 0 aliphatic heterocycles. The highest BCUT2D eigenvalue weighted by atomic mass is 32.1. The number of hydrogen-bond acceptors (Lipinski definition) is 4. The number of carbonyl (C=O) groups excluding carboxylic acids is 2. The molecule has 0 spiro atoms. The van der Waals surface area contributed by atoms with Crippen molar-refractivity contribution in [2.24, 2.45) is 0 Å². The third-order valence-corrected chi connectivity index (χ3v) is 3.11. The second kappa shape index (κ2) is 7.37. The van der Waals surface area contributed by atoms with E-state index in [0.29, 0.717) is 10.4 Å². The lowest BCUT2D eigenvalue weighted by Gasteiger charge is -2.09. The Balaban J connectivity index is 1.80. The average Bonchev–Trinajstić information content (AvgIpc) is 2.52. The van der Waals surface area contributed by atoms with E-state index in [9.17, 15) is 9.59 Å². The Kier molecular flexibility index (Phi) is 5.26. The van der Waals surface area contributed by atoms with Crippen LogP contribution in [0.25, 0.3) is 0 Å². The predicted octanol–water partition coefficient (Wildman–Crippen LogP) is 1.89. The van der Waals surface area contributed by atoms with E-state index in [2.05, 4.69) is 15.8 Å². The fraction of sp³-hybridized carbons (Fsp3) is 0.133. The zero-order valence-corrected chi connectivity index (χ0v) is 12.7. The average molecular weight is 317 g/mol. The zero-order chi connectivity index (χ0) is 15.9. The van der Waals surface area contributed by atoms with Crippen LogP contribution in [0.5, 0.6) is 5.75 Å². The van der Waals surface area contributed by atoms with E-state index in [1.165, 1.54) is 0 Å². The Morgan fingerprint density at radius 2 is 1.91 bits per heavy atom. The van der Waals surface area contributed by atoms with Gasteiger partial charge in [0, 0.05) is 6.20 Å². The van der Waals surface area contributed by atoms with E-state index in [0.717, 1.165) is 5.56 Å². The van der Waals surface area contributed by atoms with Gasteiger partial charge in [-0.25, -0.2) is 0 Å². The molecule has 22 heavy (non-hydrogen) atoms. The fourth-order valence-electron chi connectivity index (χ4n) is 1.61. The van der Waals surface area contributed by atoms with Crippen LogP contribution in [0.3, 0.4) is 0 Å². The highest BCUT2D eigenvalue weighted by Gasteiger charge is 2.09. The van der Waals surface area contributed by atoms with Crippen molar-refractivity contribution < 1.29 is 14.3 Å². The van der Waals surface area contributed by atoms with Crippen LogP contribution < -0.4 is 15.6 Å². The zero-order valence-electron chi connectivity index (χ0n) is 11.9. The van der Waals surface area contributed by atoms with Crippen molar-refractivity contribution in [2.45, 2.75) is 6.92 Å². The summed E-state index contributed by atoms with van der Waals surface area (Å²) in [5.74, 6) is -0.386. The maximum Gasteiger partial charge on any atom is 0.276 e. The summed E-state index contributed by atoms with van der Waals surface area (Å²) < 4.78 is 5.59. The fourth-order valence-corrected chi connectivity index (χ4v) is 1.84. The molecule has 0 saturated carbocycles. The van der Waals surface area contributed by atoms with Gasteiger partial charge in [0.1, 0.15) is 10.4 Å². The molecule has 0 aliphatic rings. The smallest absolute Gasteiger partial charge is 0.276 e. The van der Waals surface area contributed by atoms with Crippen LogP contribution in [0, 0.1) is 11.6 Å². The van der Waals surface area contributed by atoms with Gasteiger partial charge >= 0.3 is 0 Å². The van der Waals surface area contributed by atoms with Crippen molar-refractivity contribution in [1.29, 1.82) is 0 Å². The number of H-pyrrole nitrogens is 1. The van der Waals surface area contributed by atoms with E-state index >= 15 is 0 Å². The first kappa shape index (κ1) is 15.7. The molecule has 0 unspecified atom stereocenters. The van der Waals surface area contributed by atoms with Crippen molar-refractivity contribution in [1.82, 2.24) is 15.8 Å². The van der Waals surface area contributed by atoms with Crippen molar-refractivity contribution in [3.63, 3.8) is 0 Å². The van der Waals surface area contributed by atoms with Gasteiger partial charge in [0.05, 0.1) is 5.56 Å². The number of rotatable bonds is 4. The lowest BCUT2D eigenvalue weighted by molar-refractivity contribution is -0.123. The van der Waals surface area contributed by atoms with Gasteiger partial charge in [0.25, 0.3) is 11.8 Å². The summed E-state index contributed by atoms with van der Waals surface area (Å²) in [6, 6.07) is 10.5. The number of nitrogens with one attached hydrogen (secondary N) is 3. The minimum atomic E-state index is -0.495. The summed E-state index contributed by atoms with van der Waals surface area (Å²) in [7, 11) is 0. The number of amides is 2. The van der Waals surface area contributed by atoms with Crippen LogP contribution in [-0.2, 0) is 4.79 Å². The molecule has 2 aromatic rings. The molecule has 0 radical (unpaired) electrons. The Hall–Kier alpha value is -2.67. The molecule has 2 rings (SSSR count). The Morgan fingerprint density at radius 1 is 1.18 bits per heavy atom. The summed E-state index contributed by atoms with van der Waals surface area (Å²) in [4.78, 5) is 26.2. The minimum Gasteiger partial charge on any atom is -0.484 e. The van der Waals surface area contributed by atoms with Gasteiger partial charge in [-0.1, -0.05) is 29.9 Å². The molecule has 2 amide bonds. The van der Waals surface area contributed by atoms with Crippen LogP contribution in [0.1, 0.15) is 15.9 Å². The number of aromatic nitrogens is 1. The highest BCUT2D eigenvalue weighted by molar-refractivity contribution is 7.71. The lowest BCUT2D eigenvalue weighted by atomic mass is 10.2. The van der Waals surface area contributed by atoms with E-state index in [1.807, 2.05) is 19.1 Å². The van der Waals surface area contributed by atoms with Gasteiger partial charge in [-0.3, -0.25) is 20.4 Å². The first-order chi connectivity index (χ1) is 10.6. The largest absolute Gasteiger partial charge is 0.484 e. The quantitative estimate of drug-likeness (QED) is 0.594. The van der Waals surface area contributed by atoms with Gasteiger partial charge in [-0.2, -0.15) is 0 Å². The highest BCUT2D eigenvalue weighted by Crippen LogP contribution is 2.10. The molecule has 7 heteroatoms. The second-order valence-electron chi connectivity index (χ2n) is 4.52. The minimum absolute atomic E-state index is 0.203. The standard InChI is InChI=1S/C15H15N3O3S/c1-10-4-6-11(7-5-10)21-9-13(19)17-18-14(20)12-3-2-8-16-15(12)22/h2-8H,9H2,1H3,(H,16,22)(H,17,19)(H,18,20). The molecule has 0 atom stereocenters. The maximum atomic E-state index is 11.8. The van der Waals surface area contributed by atoms with Crippen LogP contribution >= 0.6 is 12.2 Å². The Bertz CT molecular complexity index is 725. The first-order valence-electron chi connectivity index (χ1n) is 6.52. The number of hydrazine groups is 1. The van der Waals surface area contributed by atoms with Crippen LogP contribution in [0.2, 0.25) is 0 Å². The van der Waals surface area contributed by atoms with Gasteiger partial charge in [-0.15, -0.1) is 0 Å². The third-order valence-electron chi connectivity index (χ3n) is 2.77. The molecule has 6 nitrogen and oxygen atoms in total. The molecule has 3 N–H and O–H groups in total. The molecular weight excluding hydrogens is 302 g/mol. The van der Waals surface area contributed by atoms with Gasteiger partial charge < -0.3 is 9.72 Å². The van der Waals surface area contributed by atoms with E-state index < -0.39 is 11.8 Å². The van der Waals surface area contributed by atoms with Crippen LogP contribution in [-0.4, -0.2) is 23.4 Å². The SMILES string of the molecule is Cc1ccc(OCC(=O)NNC(=O)c2ccc[nH]c2=S)cc1. The first-order valence-corrected chi connectivity index (χ1v) is 6.93. The molecule has 1 aromatic heterocycles. The van der Waals surface area contributed by atoms with Crippen molar-refractivity contribution in [2.75, 3.05) is 6.61 Å². The molecule has 0 aliphatic carbocycles. The van der Waals surface area contributed by atoms with Crippen LogP contribution in [0.4, 0.5) is 0 Å². The lowest BCUT2D eigenvalue weighted by Crippen LogP contribution is -2.44. The molecule has 0 fully saturated rings. The Labute approximate surface area is 132 Å². The summed E-state index contributed by atoms with van der Waals surface area (Å²) in [6.07, 6.45) is 1.62. The summed E-state index contributed by atoms with van der Waals surface area (Å²) in [5.41, 5.74) is 5.92. The molecule has 1 aromatic carbocycles. The van der Waals surface area contributed by atoms with E-state index in [4.69, 9.17) is 17.0 Å². The van der Waals surface area contributed by atoms with Crippen molar-refractivity contribution in [3.8, 4) is 5.75 Å². The molecule has 114 valence electrons. The molecular formula is C15H15N3O3S. The molecule has 1 heterocycles. The Morgan fingerprint density at radius 3 is 2.59 bits per heavy atom. The number of benzene rings is 1. The van der Waals surface area contributed by atoms with Crippen molar-refractivity contribution >= 4 is 24.0 Å². The topological polar surface area (TPSA) is 83.2 Å². The molecule has 0 saturated heterocycles. The summed E-state index contributed by atoms with van der Waals surface area (Å²) in [5, 5.41) is 0. The second-order valence-corrected chi connectivity index (χ2v) is 4.93. The van der Waals surface area contributed by atoms with Crippen LogP contribution in [0.15, 0.2) is 42.6 Å². The summed E-state index contributed by atoms with van der Waals surface area (Å²) in [6.45, 7) is 1.76. The number of pyridine rings is 1. The van der Waals surface area contributed by atoms with E-state index in [-0.39, 0.29) is 12.2 Å². The third kappa shape index (κ3) is 4.42. The monoisotopic (exact) mass is 317 g/mol. The predicted molar refractivity (Wildman–Crippen MR) is 83.9 cm³/mol. The van der Waals surface area contributed by atoms with Crippen molar-refractivity contribution in [3.05, 3.63) is 58.4 Å². The number of aromatic amines is 1. The van der Waals surface area contributed by atoms with Gasteiger partial charge in [-0.05, 0) is 31.2 Å². The normalized spacial score (nSPS) is 9.86. The number of hydrogen-bond donors (Lipinski definition) is 3. The van der Waals surface area contributed by atoms with Gasteiger partial charge in [0.15, 0.2) is 6.61 Å². The molecule has 0 bridgehead atoms. The number of aryl methyl sites for hydroxylation is 1. The number of carbonyl (C=O) groups is 2. The van der Waals surface area contributed by atoms with Gasteiger partial charge in [0.2, 0.25) is 0 Å². The number of ether oxygens (including phenoxy) is 1. The summed E-state index contributed by atoms with van der Waals surface area (Å²) >= 11 is 4.98.